The van der Waals surface area contributed by atoms with Crippen molar-refractivity contribution >= 4 is 11.9 Å². The van der Waals surface area contributed by atoms with Crippen molar-refractivity contribution in [2.45, 2.75) is 38.6 Å². The number of amides is 1. The molecular weight excluding hydrogens is 295 g/mol. The van der Waals surface area contributed by atoms with Gasteiger partial charge in [-0.15, -0.1) is 0 Å². The summed E-state index contributed by atoms with van der Waals surface area (Å²) in [4.78, 5) is 16.1. The lowest BCUT2D eigenvalue weighted by atomic mass is 10.1. The number of aryl methyl sites for hydroxylation is 1. The largest absolute Gasteiger partial charge is 0.355 e. The summed E-state index contributed by atoms with van der Waals surface area (Å²) in [6.45, 7) is 2.68. The maximum Gasteiger partial charge on any atom is 0.251 e. The van der Waals surface area contributed by atoms with Crippen LogP contribution in [0.3, 0.4) is 0 Å². The van der Waals surface area contributed by atoms with Crippen molar-refractivity contribution < 1.29 is 9.18 Å². The molecule has 1 saturated carbocycles. The zero-order chi connectivity index (χ0) is 16.7. The Labute approximate surface area is 136 Å². The van der Waals surface area contributed by atoms with Crippen LogP contribution >= 0.6 is 0 Å². The Hall–Kier alpha value is -2.11. The maximum absolute atomic E-state index is 13.5. The molecule has 0 bridgehead atoms. The molecule has 2 rings (SSSR count). The van der Waals surface area contributed by atoms with E-state index in [-0.39, 0.29) is 11.7 Å². The fourth-order valence-electron chi connectivity index (χ4n) is 2.65. The molecule has 1 aliphatic carbocycles. The van der Waals surface area contributed by atoms with Crippen molar-refractivity contribution in [2.24, 2.45) is 4.99 Å². The van der Waals surface area contributed by atoms with Gasteiger partial charge in [-0.3, -0.25) is 9.79 Å². The van der Waals surface area contributed by atoms with Crippen molar-refractivity contribution in [1.29, 1.82) is 0 Å². The number of carbonyl (C=O) groups excluding carboxylic acids is 1. The fraction of sp³-hybridized carbons (Fsp3) is 0.529. The number of hydrogen-bond donors (Lipinski definition) is 3. The van der Waals surface area contributed by atoms with Gasteiger partial charge in [0.05, 0.1) is 0 Å². The van der Waals surface area contributed by atoms with Crippen LogP contribution < -0.4 is 16.0 Å². The Bertz CT molecular complexity index is 568. The molecule has 6 heteroatoms. The van der Waals surface area contributed by atoms with Gasteiger partial charge in [-0.05, 0) is 37.5 Å². The molecule has 0 spiro atoms. The number of halogens is 1. The molecule has 1 aromatic carbocycles. The first-order valence-corrected chi connectivity index (χ1v) is 8.11. The minimum atomic E-state index is -0.364. The van der Waals surface area contributed by atoms with Gasteiger partial charge in [0, 0.05) is 31.7 Å². The third-order valence-corrected chi connectivity index (χ3v) is 4.06. The van der Waals surface area contributed by atoms with Crippen LogP contribution in [0.4, 0.5) is 4.39 Å². The van der Waals surface area contributed by atoms with Crippen molar-refractivity contribution in [1.82, 2.24) is 16.0 Å². The van der Waals surface area contributed by atoms with Gasteiger partial charge in [-0.1, -0.05) is 18.9 Å². The first-order valence-electron chi connectivity index (χ1n) is 8.11. The van der Waals surface area contributed by atoms with Crippen LogP contribution in [0.15, 0.2) is 23.2 Å². The number of carbonyl (C=O) groups is 1. The monoisotopic (exact) mass is 320 g/mol. The molecule has 0 unspecified atom stereocenters. The number of guanidine groups is 1. The van der Waals surface area contributed by atoms with Gasteiger partial charge in [0.15, 0.2) is 5.96 Å². The van der Waals surface area contributed by atoms with E-state index < -0.39 is 0 Å². The summed E-state index contributed by atoms with van der Waals surface area (Å²) in [7, 11) is 1.73. The van der Waals surface area contributed by atoms with Crippen LogP contribution in [0.2, 0.25) is 0 Å². The Kier molecular flexibility index (Phi) is 6.38. The molecule has 1 aromatic rings. The fourth-order valence-corrected chi connectivity index (χ4v) is 2.65. The van der Waals surface area contributed by atoms with E-state index in [1.165, 1.54) is 31.7 Å². The second-order valence-electron chi connectivity index (χ2n) is 5.84. The van der Waals surface area contributed by atoms with E-state index in [4.69, 9.17) is 0 Å². The number of nitrogens with one attached hydrogen (secondary N) is 3. The highest BCUT2D eigenvalue weighted by Crippen LogP contribution is 2.17. The van der Waals surface area contributed by atoms with Crippen LogP contribution in [0.5, 0.6) is 0 Å². The zero-order valence-electron chi connectivity index (χ0n) is 13.8. The van der Waals surface area contributed by atoms with Crippen molar-refractivity contribution in [3.05, 3.63) is 35.1 Å². The quantitative estimate of drug-likeness (QED) is 0.441. The summed E-state index contributed by atoms with van der Waals surface area (Å²) < 4.78 is 13.5. The number of benzene rings is 1. The lowest BCUT2D eigenvalue weighted by molar-refractivity contribution is 0.0954. The summed E-state index contributed by atoms with van der Waals surface area (Å²) in [5.74, 6) is 0.119. The van der Waals surface area contributed by atoms with Gasteiger partial charge < -0.3 is 16.0 Å². The molecule has 0 aromatic heterocycles. The Balaban J connectivity index is 1.71. The van der Waals surface area contributed by atoms with Crippen LogP contribution in [0, 0.1) is 12.7 Å². The lowest BCUT2D eigenvalue weighted by Gasteiger charge is -2.17. The summed E-state index contributed by atoms with van der Waals surface area (Å²) in [5.41, 5.74) is 0.867. The number of nitrogens with zero attached hydrogens (tertiary/aromatic N) is 1. The van der Waals surface area contributed by atoms with Crippen LogP contribution in [0.25, 0.3) is 0 Å². The molecule has 1 amide bonds. The summed E-state index contributed by atoms with van der Waals surface area (Å²) in [6, 6.07) is 4.99. The molecule has 5 nitrogen and oxygen atoms in total. The summed E-state index contributed by atoms with van der Waals surface area (Å²) in [5, 5.41) is 9.32. The van der Waals surface area contributed by atoms with E-state index in [0.29, 0.717) is 30.3 Å². The minimum absolute atomic E-state index is 0.274. The van der Waals surface area contributed by atoms with Gasteiger partial charge in [-0.2, -0.15) is 0 Å². The van der Waals surface area contributed by atoms with Gasteiger partial charge in [-0.25, -0.2) is 4.39 Å². The Morgan fingerprint density at radius 1 is 1.26 bits per heavy atom. The summed E-state index contributed by atoms with van der Waals surface area (Å²) in [6.07, 6.45) is 4.88. The van der Waals surface area contributed by atoms with E-state index in [0.717, 1.165) is 5.96 Å². The van der Waals surface area contributed by atoms with Crippen molar-refractivity contribution in [3.8, 4) is 0 Å². The lowest BCUT2D eigenvalue weighted by Crippen LogP contribution is -2.44. The average molecular weight is 320 g/mol. The second kappa shape index (κ2) is 8.50. The number of rotatable bonds is 5. The van der Waals surface area contributed by atoms with E-state index >= 15 is 0 Å². The van der Waals surface area contributed by atoms with E-state index in [1.54, 1.807) is 26.1 Å². The summed E-state index contributed by atoms with van der Waals surface area (Å²) >= 11 is 0. The molecule has 1 aliphatic rings. The van der Waals surface area contributed by atoms with E-state index in [1.807, 2.05) is 0 Å². The predicted molar refractivity (Wildman–Crippen MR) is 90.2 cm³/mol. The van der Waals surface area contributed by atoms with Crippen molar-refractivity contribution in [2.75, 3.05) is 20.1 Å². The normalized spacial score (nSPS) is 15.5. The van der Waals surface area contributed by atoms with Gasteiger partial charge in [0.2, 0.25) is 0 Å². The molecule has 0 heterocycles. The number of aliphatic imine (C=N–C) groups is 1. The second-order valence-corrected chi connectivity index (χ2v) is 5.84. The molecule has 3 N–H and O–H groups in total. The molecule has 23 heavy (non-hydrogen) atoms. The molecule has 0 radical (unpaired) electrons. The highest BCUT2D eigenvalue weighted by molar-refractivity contribution is 5.94. The average Bonchev–Trinajstić information content (AvgIpc) is 3.05. The Morgan fingerprint density at radius 3 is 2.61 bits per heavy atom. The first kappa shape index (κ1) is 17.2. The van der Waals surface area contributed by atoms with Crippen LogP contribution in [-0.4, -0.2) is 38.0 Å². The topological polar surface area (TPSA) is 65.5 Å². The zero-order valence-corrected chi connectivity index (χ0v) is 13.8. The molecular formula is C17H25FN4O. The van der Waals surface area contributed by atoms with Gasteiger partial charge in [0.1, 0.15) is 5.82 Å². The van der Waals surface area contributed by atoms with Gasteiger partial charge in [0.25, 0.3) is 5.91 Å². The standard InChI is InChI=1S/C17H25FN4O/c1-12-7-8-13(11-15(12)18)16(23)20-9-10-21-17(19-2)22-14-5-3-4-6-14/h7-8,11,14H,3-6,9-10H2,1-2H3,(H,20,23)(H2,19,21,22). The first-order chi connectivity index (χ1) is 11.1. The van der Waals surface area contributed by atoms with Crippen LogP contribution in [0.1, 0.15) is 41.6 Å². The highest BCUT2D eigenvalue weighted by Gasteiger charge is 2.15. The van der Waals surface area contributed by atoms with Gasteiger partial charge >= 0.3 is 0 Å². The SMILES string of the molecule is CN=C(NCCNC(=O)c1ccc(C)c(F)c1)NC1CCCC1. The third kappa shape index (κ3) is 5.23. The smallest absolute Gasteiger partial charge is 0.251 e. The van der Waals surface area contributed by atoms with Crippen LogP contribution in [-0.2, 0) is 0 Å². The minimum Gasteiger partial charge on any atom is -0.355 e. The molecule has 0 aliphatic heterocycles. The highest BCUT2D eigenvalue weighted by atomic mass is 19.1. The maximum atomic E-state index is 13.5. The molecule has 0 saturated heterocycles. The third-order valence-electron chi connectivity index (χ3n) is 4.06. The molecule has 1 fully saturated rings. The van der Waals surface area contributed by atoms with E-state index in [9.17, 15) is 9.18 Å². The predicted octanol–water partition coefficient (Wildman–Crippen LogP) is 1.97. The van der Waals surface area contributed by atoms with Crippen molar-refractivity contribution in [3.63, 3.8) is 0 Å². The Morgan fingerprint density at radius 2 is 1.96 bits per heavy atom. The molecule has 0 atom stereocenters. The van der Waals surface area contributed by atoms with E-state index in [2.05, 4.69) is 20.9 Å². The number of hydrogen-bond acceptors (Lipinski definition) is 2. The molecule has 126 valence electrons.